The number of carbonyl (C=O) groups excluding carboxylic acids is 1. The topological polar surface area (TPSA) is 83.6 Å². The Morgan fingerprint density at radius 2 is 2.12 bits per heavy atom. The van der Waals surface area contributed by atoms with Crippen LogP contribution in [-0.2, 0) is 24.2 Å². The highest BCUT2D eigenvalue weighted by Gasteiger charge is 2.22. The molecule has 1 aromatic carbocycles. The average molecular weight is 518 g/mol. The van der Waals surface area contributed by atoms with E-state index in [1.807, 2.05) is 4.57 Å². The lowest BCUT2D eigenvalue weighted by molar-refractivity contribution is -0.113. The van der Waals surface area contributed by atoms with E-state index in [0.717, 1.165) is 31.2 Å². The van der Waals surface area contributed by atoms with E-state index in [9.17, 15) is 10.1 Å². The van der Waals surface area contributed by atoms with Crippen molar-refractivity contribution in [3.63, 3.8) is 0 Å². The molecule has 170 valence electrons. The zero-order valence-corrected chi connectivity index (χ0v) is 20.9. The summed E-state index contributed by atoms with van der Waals surface area (Å²) in [7, 11) is 0. The number of halogens is 2. The maximum Gasteiger partial charge on any atom is 0.235 e. The number of nitrogens with one attached hydrogen (secondary N) is 1. The third kappa shape index (κ3) is 5.28. The minimum atomic E-state index is -0.188. The second kappa shape index (κ2) is 10.7. The maximum atomic E-state index is 12.7. The predicted octanol–water partition coefficient (Wildman–Crippen LogP) is 6.37. The fraction of sp³-hybridized carbons (Fsp3) is 0.304. The minimum absolute atomic E-state index is 0.136. The molecule has 33 heavy (non-hydrogen) atoms. The number of anilines is 1. The van der Waals surface area contributed by atoms with E-state index < -0.39 is 0 Å². The van der Waals surface area contributed by atoms with Crippen LogP contribution in [0, 0.1) is 11.3 Å². The molecule has 0 unspecified atom stereocenters. The third-order valence-electron chi connectivity index (χ3n) is 5.32. The summed E-state index contributed by atoms with van der Waals surface area (Å²) in [5.41, 5.74) is 2.42. The van der Waals surface area contributed by atoms with Crippen LogP contribution in [0.3, 0.4) is 0 Å². The molecule has 3 aromatic rings. The van der Waals surface area contributed by atoms with Gasteiger partial charge in [0.2, 0.25) is 5.91 Å². The number of fused-ring (bicyclic) bond motifs is 1. The number of nitrogens with zero attached hydrogens (tertiary/aromatic N) is 4. The van der Waals surface area contributed by atoms with Gasteiger partial charge in [0.1, 0.15) is 11.1 Å². The van der Waals surface area contributed by atoms with Gasteiger partial charge in [-0.1, -0.05) is 47.5 Å². The number of hydrogen-bond donors (Lipinski definition) is 1. The molecule has 4 rings (SSSR count). The van der Waals surface area contributed by atoms with Gasteiger partial charge in [0.05, 0.1) is 16.3 Å². The van der Waals surface area contributed by atoms with Crippen molar-refractivity contribution in [2.24, 2.45) is 0 Å². The SMILES string of the molecule is C=CCn1c(SCC(=O)Nc2sc3c(c2C#N)CCCCC3)nnc1-c1ccc(Cl)cc1Cl. The quantitative estimate of drug-likeness (QED) is 0.223. The minimum Gasteiger partial charge on any atom is -0.316 e. The Bertz CT molecular complexity index is 1240. The van der Waals surface area contributed by atoms with Gasteiger partial charge in [-0.2, -0.15) is 5.26 Å². The fourth-order valence-corrected chi connectivity index (χ4v) is 6.30. The van der Waals surface area contributed by atoms with Crippen LogP contribution in [-0.4, -0.2) is 26.4 Å². The first-order valence-corrected chi connectivity index (χ1v) is 13.0. The van der Waals surface area contributed by atoms with E-state index in [1.54, 1.807) is 24.3 Å². The molecule has 2 aromatic heterocycles. The maximum absolute atomic E-state index is 12.7. The predicted molar refractivity (Wildman–Crippen MR) is 135 cm³/mol. The molecule has 0 aliphatic heterocycles. The van der Waals surface area contributed by atoms with Crippen LogP contribution in [0.5, 0.6) is 0 Å². The molecule has 1 aliphatic carbocycles. The molecule has 1 N–H and O–H groups in total. The van der Waals surface area contributed by atoms with Crippen molar-refractivity contribution in [2.75, 3.05) is 11.1 Å². The van der Waals surface area contributed by atoms with Gasteiger partial charge < -0.3 is 5.32 Å². The molecular weight excluding hydrogens is 497 g/mol. The van der Waals surface area contributed by atoms with E-state index in [4.69, 9.17) is 23.2 Å². The zero-order valence-electron chi connectivity index (χ0n) is 17.7. The van der Waals surface area contributed by atoms with E-state index >= 15 is 0 Å². The molecule has 0 saturated carbocycles. The summed E-state index contributed by atoms with van der Waals surface area (Å²) in [6.07, 6.45) is 7.00. The van der Waals surface area contributed by atoms with Gasteiger partial charge in [-0.15, -0.1) is 28.1 Å². The van der Waals surface area contributed by atoms with Crippen LogP contribution < -0.4 is 5.32 Å². The first kappa shape index (κ1) is 23.8. The molecule has 0 bridgehead atoms. The lowest BCUT2D eigenvalue weighted by atomic mass is 10.1. The van der Waals surface area contributed by atoms with Gasteiger partial charge in [-0.3, -0.25) is 9.36 Å². The molecule has 6 nitrogen and oxygen atoms in total. The van der Waals surface area contributed by atoms with E-state index in [0.29, 0.717) is 43.7 Å². The van der Waals surface area contributed by atoms with Crippen LogP contribution in [0.1, 0.15) is 35.3 Å². The Hall–Kier alpha value is -2.31. The number of allylic oxidation sites excluding steroid dienone is 1. The average Bonchev–Trinajstić information content (AvgIpc) is 3.24. The largest absolute Gasteiger partial charge is 0.316 e. The molecule has 0 atom stereocenters. The zero-order chi connectivity index (χ0) is 23.4. The first-order chi connectivity index (χ1) is 16.0. The molecular formula is C23H21Cl2N5OS2. The number of aromatic nitrogens is 3. The molecule has 0 saturated heterocycles. The van der Waals surface area contributed by atoms with Crippen molar-refractivity contribution >= 4 is 57.2 Å². The van der Waals surface area contributed by atoms with Crippen LogP contribution in [0.4, 0.5) is 5.00 Å². The van der Waals surface area contributed by atoms with E-state index in [1.165, 1.54) is 34.4 Å². The lowest BCUT2D eigenvalue weighted by Gasteiger charge is -2.09. The highest BCUT2D eigenvalue weighted by atomic mass is 35.5. The summed E-state index contributed by atoms with van der Waals surface area (Å²) in [6, 6.07) is 7.48. The van der Waals surface area contributed by atoms with Gasteiger partial charge in [0, 0.05) is 22.0 Å². The van der Waals surface area contributed by atoms with E-state index in [-0.39, 0.29) is 11.7 Å². The number of aryl methyl sites for hydroxylation is 1. The van der Waals surface area contributed by atoms with Crippen molar-refractivity contribution in [1.82, 2.24) is 14.8 Å². The van der Waals surface area contributed by atoms with Crippen LogP contribution in [0.2, 0.25) is 10.0 Å². The summed E-state index contributed by atoms with van der Waals surface area (Å²) in [6.45, 7) is 4.27. The Kier molecular flexibility index (Phi) is 7.76. The number of nitriles is 1. The molecule has 1 amide bonds. The Morgan fingerprint density at radius 3 is 2.88 bits per heavy atom. The Morgan fingerprint density at radius 1 is 1.30 bits per heavy atom. The molecule has 0 spiro atoms. The van der Waals surface area contributed by atoms with Gasteiger partial charge in [0.25, 0.3) is 0 Å². The van der Waals surface area contributed by atoms with Gasteiger partial charge in [0.15, 0.2) is 11.0 Å². The molecule has 2 heterocycles. The Balaban J connectivity index is 1.50. The molecule has 0 fully saturated rings. The first-order valence-electron chi connectivity index (χ1n) is 10.5. The number of carbonyl (C=O) groups is 1. The van der Waals surface area contributed by atoms with Crippen LogP contribution >= 0.6 is 46.3 Å². The van der Waals surface area contributed by atoms with Crippen molar-refractivity contribution in [1.29, 1.82) is 5.26 Å². The number of thiophene rings is 1. The van der Waals surface area contributed by atoms with Crippen LogP contribution in [0.25, 0.3) is 11.4 Å². The summed E-state index contributed by atoms with van der Waals surface area (Å²) in [5.74, 6) is 0.525. The number of benzene rings is 1. The highest BCUT2D eigenvalue weighted by molar-refractivity contribution is 7.99. The third-order valence-corrected chi connectivity index (χ3v) is 8.04. The standard InChI is InChI=1S/C23H21Cl2N5OS2/c1-2-10-30-21(16-9-8-14(24)11-18(16)25)28-29-23(30)32-13-20(31)27-22-17(12-26)15-6-4-3-5-7-19(15)33-22/h2,8-9,11H,1,3-7,10,13H2,(H,27,31). The van der Waals surface area contributed by atoms with Gasteiger partial charge >= 0.3 is 0 Å². The second-order valence-corrected chi connectivity index (χ2v) is 10.4. The van der Waals surface area contributed by atoms with E-state index in [2.05, 4.69) is 28.2 Å². The monoisotopic (exact) mass is 517 g/mol. The van der Waals surface area contributed by atoms with Crippen molar-refractivity contribution in [2.45, 2.75) is 43.8 Å². The summed E-state index contributed by atoms with van der Waals surface area (Å²) in [5, 5.41) is 23.4. The van der Waals surface area contributed by atoms with Gasteiger partial charge in [-0.25, -0.2) is 0 Å². The highest BCUT2D eigenvalue weighted by Crippen LogP contribution is 2.37. The summed E-state index contributed by atoms with van der Waals surface area (Å²) in [4.78, 5) is 13.9. The van der Waals surface area contributed by atoms with Crippen molar-refractivity contribution in [3.8, 4) is 17.5 Å². The fourth-order valence-electron chi connectivity index (χ4n) is 3.80. The lowest BCUT2D eigenvalue weighted by Crippen LogP contribution is -2.14. The number of amides is 1. The summed E-state index contributed by atoms with van der Waals surface area (Å²) < 4.78 is 1.86. The molecule has 0 radical (unpaired) electrons. The molecule has 10 heteroatoms. The van der Waals surface area contributed by atoms with Crippen molar-refractivity contribution < 1.29 is 4.79 Å². The van der Waals surface area contributed by atoms with Gasteiger partial charge in [-0.05, 0) is 49.4 Å². The number of rotatable bonds is 7. The van der Waals surface area contributed by atoms with Crippen molar-refractivity contribution in [3.05, 3.63) is 56.9 Å². The summed E-state index contributed by atoms with van der Waals surface area (Å²) >= 11 is 15.2. The number of hydrogen-bond acceptors (Lipinski definition) is 6. The van der Waals surface area contributed by atoms with Crippen LogP contribution in [0.15, 0.2) is 36.0 Å². The number of thioether (sulfide) groups is 1. The smallest absolute Gasteiger partial charge is 0.235 e. The molecule has 1 aliphatic rings. The second-order valence-electron chi connectivity index (χ2n) is 7.55. The Labute approximate surface area is 210 Å². The normalized spacial score (nSPS) is 13.1.